The number of ether oxygens (including phenoxy) is 1. The number of aromatic nitrogens is 3. The average molecular weight is 413 g/mol. The quantitative estimate of drug-likeness (QED) is 0.574. The number of carbonyl (C=O) groups is 2. The number of nitrogens with one attached hydrogen (secondary N) is 1. The molecule has 2 aromatic heterocycles. The number of rotatable bonds is 8. The zero-order valence-electron chi connectivity index (χ0n) is 16.7. The molecule has 0 saturated heterocycles. The van der Waals surface area contributed by atoms with Gasteiger partial charge in [-0.3, -0.25) is 4.79 Å². The number of amides is 1. The van der Waals surface area contributed by atoms with Crippen molar-refractivity contribution in [2.45, 2.75) is 33.4 Å². The molecule has 3 aromatic rings. The molecule has 1 aromatic carbocycles. The Morgan fingerprint density at radius 2 is 2.00 bits per heavy atom. The molecule has 3 rings (SSSR count). The molecule has 1 N–H and O–H groups in total. The van der Waals surface area contributed by atoms with Gasteiger partial charge in [-0.15, -0.1) is 11.3 Å². The lowest BCUT2D eigenvalue weighted by Crippen LogP contribution is -2.44. The molecule has 0 saturated carbocycles. The van der Waals surface area contributed by atoms with Crippen LogP contribution in [0.15, 0.2) is 49.1 Å². The predicted molar refractivity (Wildman–Crippen MR) is 112 cm³/mol. The molecule has 1 amide bonds. The normalized spacial score (nSPS) is 12.0. The van der Waals surface area contributed by atoms with Gasteiger partial charge < -0.3 is 14.6 Å². The summed E-state index contributed by atoms with van der Waals surface area (Å²) in [4.78, 5) is 34.5. The van der Waals surface area contributed by atoms with Crippen LogP contribution in [0.25, 0.3) is 10.6 Å². The van der Waals surface area contributed by atoms with E-state index >= 15 is 0 Å². The van der Waals surface area contributed by atoms with Crippen molar-refractivity contribution in [2.24, 2.45) is 5.92 Å². The maximum Gasteiger partial charge on any atom is 0.330 e. The summed E-state index contributed by atoms with van der Waals surface area (Å²) < 4.78 is 7.09. The zero-order valence-corrected chi connectivity index (χ0v) is 17.5. The molecule has 0 fully saturated rings. The Morgan fingerprint density at radius 1 is 1.24 bits per heavy atom. The first-order chi connectivity index (χ1) is 13.9. The van der Waals surface area contributed by atoms with Gasteiger partial charge in [0, 0.05) is 18.0 Å². The van der Waals surface area contributed by atoms with Crippen LogP contribution in [-0.2, 0) is 16.1 Å². The molecule has 1 atom stereocenters. The number of carbonyl (C=O) groups excluding carboxylic acids is 2. The highest BCUT2D eigenvalue weighted by molar-refractivity contribution is 7.17. The minimum atomic E-state index is -0.822. The van der Waals surface area contributed by atoms with Gasteiger partial charge in [-0.1, -0.05) is 44.2 Å². The zero-order chi connectivity index (χ0) is 20.8. The minimum Gasteiger partial charge on any atom is -0.464 e. The molecular weight excluding hydrogens is 388 g/mol. The summed E-state index contributed by atoms with van der Waals surface area (Å²) in [5.41, 5.74) is 1.58. The highest BCUT2D eigenvalue weighted by Gasteiger charge is 2.26. The Labute approximate surface area is 173 Å². The van der Waals surface area contributed by atoms with Crippen LogP contribution >= 0.6 is 11.3 Å². The monoisotopic (exact) mass is 412 g/mol. The Morgan fingerprint density at radius 3 is 2.66 bits per heavy atom. The summed E-state index contributed by atoms with van der Waals surface area (Å²) in [5, 5.41) is 3.57. The summed E-state index contributed by atoms with van der Waals surface area (Å²) in [6.45, 7) is 6.25. The van der Waals surface area contributed by atoms with E-state index in [0.29, 0.717) is 17.2 Å². The summed E-state index contributed by atoms with van der Waals surface area (Å²) in [7, 11) is 0. The van der Waals surface area contributed by atoms with E-state index in [1.54, 1.807) is 30.2 Å². The van der Waals surface area contributed by atoms with Gasteiger partial charge in [0.05, 0.1) is 25.2 Å². The van der Waals surface area contributed by atoms with Gasteiger partial charge in [-0.25, -0.2) is 14.8 Å². The summed E-state index contributed by atoms with van der Waals surface area (Å²) in [6.07, 6.45) is 4.96. The second kappa shape index (κ2) is 9.47. The SMILES string of the molecule is Cc1nc(-c2ccccc2)sc1C(=O)N[C@@H](Cn1ccnc1)C(=O)OCC(C)C. The summed E-state index contributed by atoms with van der Waals surface area (Å²) in [5.74, 6) is -0.597. The molecule has 29 heavy (non-hydrogen) atoms. The smallest absolute Gasteiger partial charge is 0.330 e. The highest BCUT2D eigenvalue weighted by atomic mass is 32.1. The number of benzene rings is 1. The van der Waals surface area contributed by atoms with Gasteiger partial charge in [0.1, 0.15) is 15.9 Å². The van der Waals surface area contributed by atoms with Gasteiger partial charge in [0.25, 0.3) is 5.91 Å². The van der Waals surface area contributed by atoms with E-state index in [1.807, 2.05) is 44.2 Å². The Hall–Kier alpha value is -3.00. The standard InChI is InChI=1S/C21H24N4O3S/c1-14(2)12-28-21(27)17(11-25-10-9-22-13-25)24-19(26)18-15(3)23-20(29-18)16-7-5-4-6-8-16/h4-10,13-14,17H,11-12H2,1-3H3,(H,24,26)/t17-/m0/s1. The van der Waals surface area contributed by atoms with Crippen molar-refractivity contribution in [1.29, 1.82) is 0 Å². The first kappa shape index (κ1) is 20.7. The topological polar surface area (TPSA) is 86.1 Å². The number of hydrogen-bond donors (Lipinski definition) is 1. The molecular formula is C21H24N4O3S. The third kappa shape index (κ3) is 5.51. The molecule has 8 heteroatoms. The molecule has 0 aliphatic heterocycles. The van der Waals surface area contributed by atoms with Gasteiger partial charge in [-0.2, -0.15) is 0 Å². The molecule has 0 aliphatic rings. The average Bonchev–Trinajstić information content (AvgIpc) is 3.35. The summed E-state index contributed by atoms with van der Waals surface area (Å²) >= 11 is 1.31. The molecule has 0 aliphatic carbocycles. The number of esters is 1. The van der Waals surface area contributed by atoms with E-state index < -0.39 is 12.0 Å². The van der Waals surface area contributed by atoms with Crippen LogP contribution in [-0.4, -0.2) is 39.1 Å². The number of nitrogens with zero attached hydrogens (tertiary/aromatic N) is 3. The van der Waals surface area contributed by atoms with Crippen molar-refractivity contribution in [2.75, 3.05) is 6.61 Å². The lowest BCUT2D eigenvalue weighted by Gasteiger charge is -2.18. The van der Waals surface area contributed by atoms with Gasteiger partial charge in [0.15, 0.2) is 0 Å². The fraction of sp³-hybridized carbons (Fsp3) is 0.333. The van der Waals surface area contributed by atoms with Crippen molar-refractivity contribution in [3.05, 3.63) is 59.6 Å². The number of aryl methyl sites for hydroxylation is 1. The van der Waals surface area contributed by atoms with Crippen molar-refractivity contribution in [3.8, 4) is 10.6 Å². The molecule has 0 bridgehead atoms. The van der Waals surface area contributed by atoms with Crippen LogP contribution in [0.3, 0.4) is 0 Å². The third-order valence-electron chi connectivity index (χ3n) is 4.12. The highest BCUT2D eigenvalue weighted by Crippen LogP contribution is 2.27. The van der Waals surface area contributed by atoms with Crippen molar-refractivity contribution in [1.82, 2.24) is 19.9 Å². The molecule has 2 heterocycles. The van der Waals surface area contributed by atoms with Crippen molar-refractivity contribution in [3.63, 3.8) is 0 Å². The van der Waals surface area contributed by atoms with E-state index in [2.05, 4.69) is 15.3 Å². The fourth-order valence-corrected chi connectivity index (χ4v) is 3.64. The first-order valence-electron chi connectivity index (χ1n) is 9.40. The second-order valence-electron chi connectivity index (χ2n) is 7.11. The number of hydrogen-bond acceptors (Lipinski definition) is 6. The van der Waals surface area contributed by atoms with Crippen LogP contribution in [0.1, 0.15) is 29.2 Å². The Kier molecular flexibility index (Phi) is 6.77. The maximum atomic E-state index is 12.9. The van der Waals surface area contributed by atoms with Crippen LogP contribution in [0, 0.1) is 12.8 Å². The van der Waals surface area contributed by atoms with Crippen LogP contribution < -0.4 is 5.32 Å². The molecule has 152 valence electrons. The molecule has 0 spiro atoms. The second-order valence-corrected chi connectivity index (χ2v) is 8.11. The lowest BCUT2D eigenvalue weighted by atomic mass is 10.2. The van der Waals surface area contributed by atoms with Crippen molar-refractivity contribution < 1.29 is 14.3 Å². The molecule has 7 nitrogen and oxygen atoms in total. The van der Waals surface area contributed by atoms with Crippen LogP contribution in [0.4, 0.5) is 0 Å². The first-order valence-corrected chi connectivity index (χ1v) is 10.2. The van der Waals surface area contributed by atoms with Gasteiger partial charge in [-0.05, 0) is 12.8 Å². The largest absolute Gasteiger partial charge is 0.464 e. The fourth-order valence-electron chi connectivity index (χ4n) is 2.67. The number of thiazole rings is 1. The van der Waals surface area contributed by atoms with Crippen molar-refractivity contribution >= 4 is 23.2 Å². The Balaban J connectivity index is 1.77. The molecule has 0 unspecified atom stereocenters. The van der Waals surface area contributed by atoms with E-state index in [-0.39, 0.29) is 18.4 Å². The predicted octanol–water partition coefficient (Wildman–Crippen LogP) is 3.31. The number of imidazole rings is 1. The summed E-state index contributed by atoms with van der Waals surface area (Å²) in [6, 6.07) is 8.87. The minimum absolute atomic E-state index is 0.209. The van der Waals surface area contributed by atoms with Crippen LogP contribution in [0.2, 0.25) is 0 Å². The van der Waals surface area contributed by atoms with Gasteiger partial charge in [0.2, 0.25) is 0 Å². The van der Waals surface area contributed by atoms with E-state index in [9.17, 15) is 9.59 Å². The van der Waals surface area contributed by atoms with Gasteiger partial charge >= 0.3 is 5.97 Å². The lowest BCUT2D eigenvalue weighted by molar-refractivity contribution is -0.147. The Bertz CT molecular complexity index is 952. The molecule has 0 radical (unpaired) electrons. The maximum absolute atomic E-state index is 12.9. The van der Waals surface area contributed by atoms with E-state index in [0.717, 1.165) is 10.6 Å². The van der Waals surface area contributed by atoms with Crippen LogP contribution in [0.5, 0.6) is 0 Å². The third-order valence-corrected chi connectivity index (χ3v) is 5.33. The van der Waals surface area contributed by atoms with E-state index in [4.69, 9.17) is 4.74 Å². The van der Waals surface area contributed by atoms with E-state index in [1.165, 1.54) is 11.3 Å².